The first-order valence-corrected chi connectivity index (χ1v) is 12.6. The summed E-state index contributed by atoms with van der Waals surface area (Å²) in [6, 6.07) is 16.5. The summed E-state index contributed by atoms with van der Waals surface area (Å²) in [4.78, 5) is 13.1. The first-order valence-electron chi connectivity index (χ1n) is 11.1. The molecule has 1 aromatic heterocycles. The third kappa shape index (κ3) is 5.77. The van der Waals surface area contributed by atoms with Gasteiger partial charge in [-0.25, -0.2) is 8.42 Å². The van der Waals surface area contributed by atoms with Gasteiger partial charge in [0.15, 0.2) is 0 Å². The largest absolute Gasteiger partial charge is 0.497 e. The second kappa shape index (κ2) is 10.7. The number of carbonyl (C=O) groups excluding carboxylic acids is 1. The van der Waals surface area contributed by atoms with E-state index in [0.29, 0.717) is 22.8 Å². The maximum Gasteiger partial charge on any atom is 0.268 e. The first-order chi connectivity index (χ1) is 16.1. The number of amides is 1. The van der Waals surface area contributed by atoms with Crippen LogP contribution in [0.1, 0.15) is 30.3 Å². The van der Waals surface area contributed by atoms with Crippen molar-refractivity contribution < 1.29 is 17.9 Å². The molecule has 8 nitrogen and oxygen atoms in total. The van der Waals surface area contributed by atoms with Crippen LogP contribution in [-0.2, 0) is 28.3 Å². The minimum absolute atomic E-state index is 0.107. The highest BCUT2D eigenvalue weighted by Crippen LogP contribution is 2.29. The fourth-order valence-corrected chi connectivity index (χ4v) is 5.68. The monoisotopic (exact) mass is 484 g/mol. The van der Waals surface area contributed by atoms with Gasteiger partial charge in [0.2, 0.25) is 5.91 Å². The van der Waals surface area contributed by atoms with Crippen LogP contribution in [-0.4, -0.2) is 43.8 Å². The molecule has 1 atom stereocenters. The fourth-order valence-electron chi connectivity index (χ4n) is 3.85. The standard InChI is InChI=1S/C25H32N4O4S/c1-18(11-12-21-9-7-6-8-10-21)26-24(30)17-29(22-13-15-23(33-5)16-14-22)34(31,32)25-19(2)27-28(4)20(25)3/h6-10,13-16,18H,11-12,17H2,1-5H3,(H,26,30)/t18-/m1/s1. The van der Waals surface area contributed by atoms with Gasteiger partial charge in [-0.1, -0.05) is 30.3 Å². The normalized spacial score (nSPS) is 12.3. The summed E-state index contributed by atoms with van der Waals surface area (Å²) in [6.45, 7) is 4.92. The Morgan fingerprint density at radius 2 is 1.76 bits per heavy atom. The Bertz CT molecular complexity index is 1220. The van der Waals surface area contributed by atoms with Gasteiger partial charge in [0, 0.05) is 13.1 Å². The van der Waals surface area contributed by atoms with Crippen LogP contribution >= 0.6 is 0 Å². The van der Waals surface area contributed by atoms with E-state index in [1.807, 2.05) is 37.3 Å². The molecule has 182 valence electrons. The summed E-state index contributed by atoms with van der Waals surface area (Å²) in [5.41, 5.74) is 2.45. The highest BCUT2D eigenvalue weighted by Gasteiger charge is 2.32. The lowest BCUT2D eigenvalue weighted by Crippen LogP contribution is -2.44. The van der Waals surface area contributed by atoms with Crippen LogP contribution in [0.3, 0.4) is 0 Å². The number of aryl methyl sites for hydroxylation is 3. The van der Waals surface area contributed by atoms with Crippen LogP contribution in [0.4, 0.5) is 5.69 Å². The maximum absolute atomic E-state index is 13.7. The molecule has 0 fully saturated rings. The molecule has 3 aromatic rings. The smallest absolute Gasteiger partial charge is 0.268 e. The van der Waals surface area contributed by atoms with E-state index in [1.165, 1.54) is 17.4 Å². The summed E-state index contributed by atoms with van der Waals surface area (Å²) in [7, 11) is -0.819. The van der Waals surface area contributed by atoms with Crippen molar-refractivity contribution in [1.82, 2.24) is 15.1 Å². The number of methoxy groups -OCH3 is 1. The summed E-state index contributed by atoms with van der Waals surface area (Å²) >= 11 is 0. The summed E-state index contributed by atoms with van der Waals surface area (Å²) in [6.07, 6.45) is 1.56. The van der Waals surface area contributed by atoms with Crippen LogP contribution in [0.15, 0.2) is 59.5 Å². The molecular weight excluding hydrogens is 452 g/mol. The molecule has 2 aromatic carbocycles. The molecule has 3 rings (SSSR count). The van der Waals surface area contributed by atoms with E-state index in [-0.39, 0.29) is 23.4 Å². The van der Waals surface area contributed by atoms with Crippen molar-refractivity contribution in [3.63, 3.8) is 0 Å². The zero-order chi connectivity index (χ0) is 24.9. The quantitative estimate of drug-likeness (QED) is 0.476. The van der Waals surface area contributed by atoms with E-state index in [1.54, 1.807) is 45.2 Å². The van der Waals surface area contributed by atoms with Crippen molar-refractivity contribution in [1.29, 1.82) is 0 Å². The van der Waals surface area contributed by atoms with Gasteiger partial charge in [0.25, 0.3) is 10.0 Å². The minimum Gasteiger partial charge on any atom is -0.497 e. The Balaban J connectivity index is 1.83. The predicted molar refractivity (Wildman–Crippen MR) is 133 cm³/mol. The number of nitrogens with zero attached hydrogens (tertiary/aromatic N) is 3. The predicted octanol–water partition coefficient (Wildman–Crippen LogP) is 3.38. The van der Waals surface area contributed by atoms with Crippen molar-refractivity contribution in [2.45, 2.75) is 44.6 Å². The van der Waals surface area contributed by atoms with Crippen molar-refractivity contribution >= 4 is 21.6 Å². The Morgan fingerprint density at radius 1 is 1.12 bits per heavy atom. The van der Waals surface area contributed by atoms with Gasteiger partial charge in [-0.05, 0) is 63.4 Å². The van der Waals surface area contributed by atoms with Gasteiger partial charge < -0.3 is 10.1 Å². The van der Waals surface area contributed by atoms with E-state index in [0.717, 1.165) is 17.1 Å². The molecule has 0 radical (unpaired) electrons. The molecule has 0 saturated carbocycles. The average Bonchev–Trinajstić information content (AvgIpc) is 3.08. The molecule has 0 unspecified atom stereocenters. The lowest BCUT2D eigenvalue weighted by molar-refractivity contribution is -0.120. The molecule has 0 spiro atoms. The Morgan fingerprint density at radius 3 is 2.32 bits per heavy atom. The molecular formula is C25H32N4O4S. The lowest BCUT2D eigenvalue weighted by Gasteiger charge is -2.25. The fraction of sp³-hybridized carbons (Fsp3) is 0.360. The van der Waals surface area contributed by atoms with Crippen molar-refractivity contribution in [3.8, 4) is 5.75 Å². The molecule has 0 bridgehead atoms. The van der Waals surface area contributed by atoms with Crippen molar-refractivity contribution in [3.05, 3.63) is 71.5 Å². The Hall–Kier alpha value is -3.33. The van der Waals surface area contributed by atoms with Crippen LogP contribution in [0, 0.1) is 13.8 Å². The number of carbonyl (C=O) groups is 1. The highest BCUT2D eigenvalue weighted by atomic mass is 32.2. The third-order valence-electron chi connectivity index (χ3n) is 5.75. The van der Waals surface area contributed by atoms with Gasteiger partial charge in [-0.2, -0.15) is 5.10 Å². The summed E-state index contributed by atoms with van der Waals surface area (Å²) in [5.74, 6) is 0.216. The molecule has 9 heteroatoms. The van der Waals surface area contributed by atoms with Gasteiger partial charge in [-0.3, -0.25) is 13.8 Å². The van der Waals surface area contributed by atoms with Crippen LogP contribution < -0.4 is 14.4 Å². The molecule has 1 heterocycles. The first kappa shape index (κ1) is 25.3. The van der Waals surface area contributed by atoms with E-state index >= 15 is 0 Å². The van der Waals surface area contributed by atoms with E-state index in [2.05, 4.69) is 10.4 Å². The van der Waals surface area contributed by atoms with E-state index < -0.39 is 10.0 Å². The van der Waals surface area contributed by atoms with Gasteiger partial charge >= 0.3 is 0 Å². The number of sulfonamides is 1. The number of benzene rings is 2. The molecule has 0 aliphatic heterocycles. The van der Waals surface area contributed by atoms with Crippen LogP contribution in [0.25, 0.3) is 0 Å². The number of nitrogens with one attached hydrogen (secondary N) is 1. The van der Waals surface area contributed by atoms with Crippen molar-refractivity contribution in [2.24, 2.45) is 7.05 Å². The van der Waals surface area contributed by atoms with Crippen molar-refractivity contribution in [2.75, 3.05) is 18.0 Å². The SMILES string of the molecule is COc1ccc(N(CC(=O)N[C@H](C)CCc2ccccc2)S(=O)(=O)c2c(C)nn(C)c2C)cc1. The molecule has 1 N–H and O–H groups in total. The topological polar surface area (TPSA) is 93.5 Å². The Labute approximate surface area is 201 Å². The maximum atomic E-state index is 13.7. The van der Waals surface area contributed by atoms with Gasteiger partial charge in [-0.15, -0.1) is 0 Å². The number of anilines is 1. The number of ether oxygens (including phenoxy) is 1. The van der Waals surface area contributed by atoms with E-state index in [4.69, 9.17) is 4.74 Å². The zero-order valence-electron chi connectivity index (χ0n) is 20.3. The second-order valence-electron chi connectivity index (χ2n) is 8.33. The number of aromatic nitrogens is 2. The average molecular weight is 485 g/mol. The van der Waals surface area contributed by atoms with Gasteiger partial charge in [0.05, 0.1) is 24.2 Å². The highest BCUT2D eigenvalue weighted by molar-refractivity contribution is 7.93. The summed E-state index contributed by atoms with van der Waals surface area (Å²) in [5, 5.41) is 7.19. The number of hydrogen-bond acceptors (Lipinski definition) is 5. The second-order valence-corrected chi connectivity index (χ2v) is 10.1. The lowest BCUT2D eigenvalue weighted by atomic mass is 10.1. The molecule has 1 amide bonds. The molecule has 0 saturated heterocycles. The minimum atomic E-state index is -4.05. The summed E-state index contributed by atoms with van der Waals surface area (Å²) < 4.78 is 35.3. The third-order valence-corrected chi connectivity index (χ3v) is 7.78. The van der Waals surface area contributed by atoms with E-state index in [9.17, 15) is 13.2 Å². The zero-order valence-corrected chi connectivity index (χ0v) is 21.1. The number of hydrogen-bond donors (Lipinski definition) is 1. The molecule has 34 heavy (non-hydrogen) atoms. The number of rotatable bonds is 10. The van der Waals surface area contributed by atoms with Crippen LogP contribution in [0.5, 0.6) is 5.75 Å². The Kier molecular flexibility index (Phi) is 7.98. The molecule has 0 aliphatic rings. The van der Waals surface area contributed by atoms with Crippen LogP contribution in [0.2, 0.25) is 0 Å². The van der Waals surface area contributed by atoms with Gasteiger partial charge in [0.1, 0.15) is 17.2 Å². The molecule has 0 aliphatic carbocycles.